The zero-order valence-corrected chi connectivity index (χ0v) is 16.3. The fourth-order valence-corrected chi connectivity index (χ4v) is 2.76. The van der Waals surface area contributed by atoms with E-state index in [0.29, 0.717) is 17.0 Å². The van der Waals surface area contributed by atoms with Gasteiger partial charge >= 0.3 is 0 Å². The number of hydrogen-bond donors (Lipinski definition) is 1. The number of halogens is 1. The van der Waals surface area contributed by atoms with E-state index in [1.54, 1.807) is 31.2 Å². The maximum Gasteiger partial charge on any atom is 0.266 e. The van der Waals surface area contributed by atoms with E-state index in [4.69, 9.17) is 4.74 Å². The van der Waals surface area contributed by atoms with Gasteiger partial charge in [-0.25, -0.2) is 9.07 Å². The van der Waals surface area contributed by atoms with Crippen molar-refractivity contribution >= 4 is 5.91 Å². The summed E-state index contributed by atoms with van der Waals surface area (Å²) in [7, 11) is 0. The van der Waals surface area contributed by atoms with Gasteiger partial charge in [-0.1, -0.05) is 12.1 Å². The lowest BCUT2D eigenvalue weighted by atomic mass is 10.1. The van der Waals surface area contributed by atoms with Gasteiger partial charge in [-0.05, 0) is 61.9 Å². The highest BCUT2D eigenvalue weighted by molar-refractivity contribution is 5.80. The number of carbonyl (C=O) groups excluding carboxylic acids is 1. The van der Waals surface area contributed by atoms with Crippen LogP contribution in [0.2, 0.25) is 0 Å². The van der Waals surface area contributed by atoms with Gasteiger partial charge in [0.05, 0.1) is 12.2 Å². The molecule has 3 aromatic rings. The Morgan fingerprint density at radius 1 is 1.17 bits per heavy atom. The molecule has 3 rings (SSSR count). The maximum atomic E-state index is 13.1. The van der Waals surface area contributed by atoms with Crippen LogP contribution < -0.4 is 15.6 Å². The van der Waals surface area contributed by atoms with Gasteiger partial charge in [-0.15, -0.1) is 0 Å². The summed E-state index contributed by atoms with van der Waals surface area (Å²) in [5, 5.41) is 7.04. The summed E-state index contributed by atoms with van der Waals surface area (Å²) in [6.45, 7) is 4.04. The predicted molar refractivity (Wildman–Crippen MR) is 108 cm³/mol. The highest BCUT2D eigenvalue weighted by Crippen LogP contribution is 2.16. The molecule has 0 aliphatic rings. The Morgan fingerprint density at radius 2 is 1.93 bits per heavy atom. The van der Waals surface area contributed by atoms with Crippen molar-refractivity contribution in [2.45, 2.75) is 26.5 Å². The van der Waals surface area contributed by atoms with Gasteiger partial charge in [-0.3, -0.25) is 9.59 Å². The second kappa shape index (κ2) is 9.14. The van der Waals surface area contributed by atoms with Crippen LogP contribution in [0.15, 0.2) is 65.5 Å². The van der Waals surface area contributed by atoms with E-state index in [2.05, 4.69) is 10.4 Å². The Labute approximate surface area is 168 Å². The van der Waals surface area contributed by atoms with Crippen molar-refractivity contribution in [2.75, 3.05) is 6.54 Å². The molecule has 0 saturated carbocycles. The molecule has 29 heavy (non-hydrogen) atoms. The van der Waals surface area contributed by atoms with Gasteiger partial charge in [0.15, 0.2) is 6.10 Å². The summed E-state index contributed by atoms with van der Waals surface area (Å²) in [6.07, 6.45) is -0.674. The number of hydrogen-bond acceptors (Lipinski definition) is 4. The molecule has 2 aromatic carbocycles. The van der Waals surface area contributed by atoms with Crippen LogP contribution in [0.5, 0.6) is 5.75 Å². The largest absolute Gasteiger partial charge is 0.481 e. The Hall–Kier alpha value is -3.48. The topological polar surface area (TPSA) is 73.2 Å². The third-order valence-electron chi connectivity index (χ3n) is 4.30. The van der Waals surface area contributed by atoms with Crippen LogP contribution in [0.25, 0.3) is 11.3 Å². The third-order valence-corrected chi connectivity index (χ3v) is 4.30. The monoisotopic (exact) mass is 395 g/mol. The first-order valence-corrected chi connectivity index (χ1v) is 9.27. The number of nitrogens with zero attached hydrogens (tertiary/aromatic N) is 2. The number of amides is 1. The van der Waals surface area contributed by atoms with Gasteiger partial charge in [0.25, 0.3) is 11.5 Å². The number of ether oxygens (including phenoxy) is 1. The first-order chi connectivity index (χ1) is 13.9. The van der Waals surface area contributed by atoms with Crippen molar-refractivity contribution in [1.29, 1.82) is 0 Å². The molecule has 1 amide bonds. The molecule has 150 valence electrons. The van der Waals surface area contributed by atoms with Crippen LogP contribution in [-0.2, 0) is 11.3 Å². The van der Waals surface area contributed by atoms with E-state index in [-0.39, 0.29) is 30.4 Å². The molecule has 0 bridgehead atoms. The van der Waals surface area contributed by atoms with Crippen LogP contribution in [0, 0.1) is 12.7 Å². The highest BCUT2D eigenvalue weighted by Gasteiger charge is 2.14. The Morgan fingerprint density at radius 3 is 2.66 bits per heavy atom. The summed E-state index contributed by atoms with van der Waals surface area (Å²) >= 11 is 0. The van der Waals surface area contributed by atoms with Crippen LogP contribution in [0.1, 0.15) is 12.5 Å². The molecule has 0 spiro atoms. The van der Waals surface area contributed by atoms with E-state index in [0.717, 1.165) is 5.56 Å². The Kier molecular flexibility index (Phi) is 6.39. The SMILES string of the molecule is Cc1cccc(OC(C)C(=O)NCCn2nc(-c3ccc(F)cc3)ccc2=O)c1. The van der Waals surface area contributed by atoms with Crippen molar-refractivity contribution in [1.82, 2.24) is 15.1 Å². The normalized spacial score (nSPS) is 11.7. The minimum absolute atomic E-state index is 0.205. The molecular weight excluding hydrogens is 373 g/mol. The average molecular weight is 395 g/mol. The van der Waals surface area contributed by atoms with Gasteiger partial charge in [0.2, 0.25) is 0 Å². The van der Waals surface area contributed by atoms with Crippen molar-refractivity contribution in [3.63, 3.8) is 0 Å². The number of benzene rings is 2. The molecule has 1 N–H and O–H groups in total. The second-order valence-corrected chi connectivity index (χ2v) is 6.65. The third kappa shape index (κ3) is 5.51. The number of carbonyl (C=O) groups is 1. The summed E-state index contributed by atoms with van der Waals surface area (Å²) < 4.78 is 20.0. The first kappa shape index (κ1) is 20.3. The van der Waals surface area contributed by atoms with Crippen LogP contribution in [0.3, 0.4) is 0 Å². The van der Waals surface area contributed by atoms with E-state index in [9.17, 15) is 14.0 Å². The van der Waals surface area contributed by atoms with E-state index < -0.39 is 6.10 Å². The fraction of sp³-hybridized carbons (Fsp3) is 0.227. The molecule has 1 unspecified atom stereocenters. The smallest absolute Gasteiger partial charge is 0.266 e. The summed E-state index contributed by atoms with van der Waals surface area (Å²) in [4.78, 5) is 24.3. The molecule has 1 heterocycles. The van der Waals surface area contributed by atoms with Gasteiger partial charge < -0.3 is 10.1 Å². The molecule has 0 fully saturated rings. The minimum Gasteiger partial charge on any atom is -0.481 e. The lowest BCUT2D eigenvalue weighted by Crippen LogP contribution is -2.39. The zero-order chi connectivity index (χ0) is 20.8. The van der Waals surface area contributed by atoms with Crippen molar-refractivity contribution in [2.24, 2.45) is 0 Å². The van der Waals surface area contributed by atoms with E-state index >= 15 is 0 Å². The van der Waals surface area contributed by atoms with Crippen LogP contribution >= 0.6 is 0 Å². The lowest BCUT2D eigenvalue weighted by molar-refractivity contribution is -0.127. The fourth-order valence-electron chi connectivity index (χ4n) is 2.76. The van der Waals surface area contributed by atoms with Crippen molar-refractivity contribution < 1.29 is 13.9 Å². The Bertz CT molecular complexity index is 1050. The summed E-state index contributed by atoms with van der Waals surface area (Å²) in [5.41, 5.74) is 2.01. The van der Waals surface area contributed by atoms with Gasteiger partial charge in [0.1, 0.15) is 11.6 Å². The Balaban J connectivity index is 1.58. The number of nitrogens with one attached hydrogen (secondary N) is 1. The van der Waals surface area contributed by atoms with Crippen LogP contribution in [-0.4, -0.2) is 28.3 Å². The lowest BCUT2D eigenvalue weighted by Gasteiger charge is -2.15. The molecule has 0 radical (unpaired) electrons. The molecule has 1 aromatic heterocycles. The molecule has 6 nitrogen and oxygen atoms in total. The van der Waals surface area contributed by atoms with E-state index in [1.165, 1.54) is 22.9 Å². The second-order valence-electron chi connectivity index (χ2n) is 6.65. The summed E-state index contributed by atoms with van der Waals surface area (Å²) in [6, 6.07) is 16.3. The maximum absolute atomic E-state index is 13.1. The number of rotatable bonds is 7. The number of aromatic nitrogens is 2. The zero-order valence-electron chi connectivity index (χ0n) is 16.3. The molecule has 0 aliphatic heterocycles. The van der Waals surface area contributed by atoms with Gasteiger partial charge in [-0.2, -0.15) is 5.10 Å². The van der Waals surface area contributed by atoms with Gasteiger partial charge in [0, 0.05) is 18.2 Å². The molecule has 1 atom stereocenters. The average Bonchev–Trinajstić information content (AvgIpc) is 2.70. The molecule has 0 aliphatic carbocycles. The summed E-state index contributed by atoms with van der Waals surface area (Å²) in [5.74, 6) is -0.00133. The first-order valence-electron chi connectivity index (χ1n) is 9.27. The highest BCUT2D eigenvalue weighted by atomic mass is 19.1. The predicted octanol–water partition coefficient (Wildman–Crippen LogP) is 2.94. The molecular formula is C22H22FN3O3. The van der Waals surface area contributed by atoms with Crippen molar-refractivity contribution in [3.05, 3.63) is 82.4 Å². The minimum atomic E-state index is -0.674. The molecule has 0 saturated heterocycles. The number of aryl methyl sites for hydroxylation is 1. The quantitative estimate of drug-likeness (QED) is 0.668. The standard InChI is InChI=1S/C22H22FN3O3/c1-15-4-3-5-19(14-15)29-16(2)22(28)24-12-13-26-21(27)11-10-20(25-26)17-6-8-18(23)9-7-17/h3-11,14,16H,12-13H2,1-2H3,(H,24,28). The molecule has 7 heteroatoms. The van der Waals surface area contributed by atoms with Crippen molar-refractivity contribution in [3.8, 4) is 17.0 Å². The van der Waals surface area contributed by atoms with E-state index in [1.807, 2.05) is 25.1 Å². The van der Waals surface area contributed by atoms with Crippen LogP contribution in [0.4, 0.5) is 4.39 Å².